The number of carbonyl (C=O) groups excluding carboxylic acids is 1. The summed E-state index contributed by atoms with van der Waals surface area (Å²) >= 11 is 0. The summed E-state index contributed by atoms with van der Waals surface area (Å²) in [4.78, 5) is 11.8. The molecule has 2 aromatic carbocycles. The number of hydrogen-bond acceptors (Lipinski definition) is 2. The molecule has 2 heteroatoms. The van der Waals surface area contributed by atoms with Gasteiger partial charge in [-0.1, -0.05) is 42.5 Å². The number of benzene rings is 2. The van der Waals surface area contributed by atoms with Gasteiger partial charge in [-0.25, -0.2) is 0 Å². The second kappa shape index (κ2) is 8.25. The minimum atomic E-state index is 0.269. The van der Waals surface area contributed by atoms with Gasteiger partial charge in [0.15, 0.2) is 0 Å². The average molecular weight is 282 g/mol. The van der Waals surface area contributed by atoms with E-state index in [1.54, 1.807) is 12.1 Å². The van der Waals surface area contributed by atoms with Crippen molar-refractivity contribution in [1.29, 1.82) is 0 Å². The van der Waals surface area contributed by atoms with Crippen molar-refractivity contribution in [3.63, 3.8) is 0 Å². The molecule has 0 atom stereocenters. The third-order valence-corrected chi connectivity index (χ3v) is 3.64. The normalized spacial score (nSPS) is 10.5. The van der Waals surface area contributed by atoms with Gasteiger partial charge in [-0.3, -0.25) is 4.79 Å². The van der Waals surface area contributed by atoms with E-state index in [-0.39, 0.29) is 5.75 Å². The molecule has 0 aliphatic heterocycles. The van der Waals surface area contributed by atoms with Crippen LogP contribution in [0.5, 0.6) is 5.75 Å². The van der Waals surface area contributed by atoms with Crippen molar-refractivity contribution in [3.8, 4) is 5.75 Å². The molecule has 2 aromatic rings. The predicted molar refractivity (Wildman–Crippen MR) is 85.4 cm³/mol. The maximum atomic E-state index is 11.8. The van der Waals surface area contributed by atoms with Crippen molar-refractivity contribution >= 4 is 5.78 Å². The second-order valence-corrected chi connectivity index (χ2v) is 5.40. The number of hydrogen-bond donors (Lipinski definition) is 1. The molecule has 0 fully saturated rings. The number of unbranched alkanes of at least 4 members (excludes halogenated alkanes) is 1. The largest absolute Gasteiger partial charge is 0.508 e. The van der Waals surface area contributed by atoms with Crippen LogP contribution in [0.4, 0.5) is 0 Å². The minimum Gasteiger partial charge on any atom is -0.508 e. The Morgan fingerprint density at radius 1 is 0.762 bits per heavy atom. The molecule has 0 radical (unpaired) electrons. The Morgan fingerprint density at radius 2 is 1.43 bits per heavy atom. The van der Waals surface area contributed by atoms with Crippen LogP contribution in [0.15, 0.2) is 54.6 Å². The van der Waals surface area contributed by atoms with Gasteiger partial charge in [-0.15, -0.1) is 0 Å². The summed E-state index contributed by atoms with van der Waals surface area (Å²) in [5.74, 6) is 0.599. The molecule has 0 spiro atoms. The summed E-state index contributed by atoms with van der Waals surface area (Å²) in [7, 11) is 0. The zero-order chi connectivity index (χ0) is 14.9. The van der Waals surface area contributed by atoms with Crippen LogP contribution in [0, 0.1) is 0 Å². The maximum Gasteiger partial charge on any atom is 0.133 e. The summed E-state index contributed by atoms with van der Waals surface area (Å²) in [6.45, 7) is 0. The molecule has 110 valence electrons. The van der Waals surface area contributed by atoms with Crippen molar-refractivity contribution in [2.75, 3.05) is 0 Å². The molecular weight excluding hydrogens is 260 g/mol. The van der Waals surface area contributed by atoms with E-state index in [0.29, 0.717) is 18.6 Å². The molecule has 0 bridgehead atoms. The topological polar surface area (TPSA) is 37.3 Å². The van der Waals surface area contributed by atoms with Crippen molar-refractivity contribution in [2.24, 2.45) is 0 Å². The van der Waals surface area contributed by atoms with Crippen molar-refractivity contribution in [3.05, 3.63) is 65.7 Å². The fraction of sp³-hybridized carbons (Fsp3) is 0.316. The van der Waals surface area contributed by atoms with Crippen LogP contribution in [0.1, 0.15) is 36.8 Å². The highest BCUT2D eigenvalue weighted by Gasteiger charge is 2.03. The van der Waals surface area contributed by atoms with E-state index in [9.17, 15) is 9.90 Å². The Morgan fingerprint density at radius 3 is 2.14 bits per heavy atom. The molecule has 0 aromatic heterocycles. The number of phenols is 1. The van der Waals surface area contributed by atoms with Gasteiger partial charge >= 0.3 is 0 Å². The molecule has 0 unspecified atom stereocenters. The lowest BCUT2D eigenvalue weighted by molar-refractivity contribution is -0.119. The van der Waals surface area contributed by atoms with E-state index in [0.717, 1.165) is 31.2 Å². The number of ketones is 1. The molecular formula is C19H22O2. The molecule has 2 nitrogen and oxygen atoms in total. The highest BCUT2D eigenvalue weighted by atomic mass is 16.3. The number of phenolic OH excluding ortho intramolecular Hbond substituents is 1. The third kappa shape index (κ3) is 5.82. The fourth-order valence-electron chi connectivity index (χ4n) is 2.37. The molecule has 0 aliphatic rings. The number of Topliss-reactive ketones (excluding diaryl/α,β-unsaturated/α-hetero) is 1. The van der Waals surface area contributed by atoms with E-state index in [2.05, 4.69) is 24.3 Å². The van der Waals surface area contributed by atoms with Gasteiger partial charge in [-0.2, -0.15) is 0 Å². The number of rotatable bonds is 8. The maximum absolute atomic E-state index is 11.8. The van der Waals surface area contributed by atoms with Crippen LogP contribution >= 0.6 is 0 Å². The van der Waals surface area contributed by atoms with Gasteiger partial charge < -0.3 is 5.11 Å². The van der Waals surface area contributed by atoms with E-state index >= 15 is 0 Å². The number of aryl methyl sites for hydroxylation is 2. The highest BCUT2D eigenvalue weighted by molar-refractivity contribution is 5.78. The first-order chi connectivity index (χ1) is 10.2. The monoisotopic (exact) mass is 282 g/mol. The van der Waals surface area contributed by atoms with Gasteiger partial charge in [0.1, 0.15) is 11.5 Å². The van der Waals surface area contributed by atoms with Gasteiger partial charge in [-0.05, 0) is 48.9 Å². The van der Waals surface area contributed by atoms with Crippen LogP contribution in [-0.4, -0.2) is 10.9 Å². The molecule has 21 heavy (non-hydrogen) atoms. The highest BCUT2D eigenvalue weighted by Crippen LogP contribution is 2.12. The Balaban J connectivity index is 1.60. The third-order valence-electron chi connectivity index (χ3n) is 3.64. The second-order valence-electron chi connectivity index (χ2n) is 5.40. The predicted octanol–water partition coefficient (Wildman–Crippen LogP) is 4.31. The zero-order valence-corrected chi connectivity index (χ0v) is 12.3. The minimum absolute atomic E-state index is 0.269. The first kappa shape index (κ1) is 15.3. The standard InChI is InChI=1S/C19H22O2/c20-18(13-10-17-11-14-19(21)15-12-17)9-5-4-8-16-6-2-1-3-7-16/h1-3,6-7,11-12,14-15,21H,4-5,8-10,13H2. The molecule has 0 aliphatic carbocycles. The Bertz CT molecular complexity index is 544. The zero-order valence-electron chi connectivity index (χ0n) is 12.3. The van der Waals surface area contributed by atoms with E-state index in [4.69, 9.17) is 0 Å². The number of carbonyl (C=O) groups is 1. The van der Waals surface area contributed by atoms with Crippen molar-refractivity contribution in [1.82, 2.24) is 0 Å². The molecule has 0 saturated carbocycles. The van der Waals surface area contributed by atoms with Gasteiger partial charge in [0.25, 0.3) is 0 Å². The van der Waals surface area contributed by atoms with Gasteiger partial charge in [0.2, 0.25) is 0 Å². The molecule has 1 N–H and O–H groups in total. The smallest absolute Gasteiger partial charge is 0.133 e. The van der Waals surface area contributed by atoms with Crippen molar-refractivity contribution in [2.45, 2.75) is 38.5 Å². The summed E-state index contributed by atoms with van der Waals surface area (Å²) in [6, 6.07) is 17.5. The summed E-state index contributed by atoms with van der Waals surface area (Å²) < 4.78 is 0. The molecule has 0 saturated heterocycles. The summed E-state index contributed by atoms with van der Waals surface area (Å²) in [5, 5.41) is 9.20. The first-order valence-electron chi connectivity index (χ1n) is 7.57. The van der Waals surface area contributed by atoms with Crippen LogP contribution in [0.25, 0.3) is 0 Å². The Labute approximate surface area is 126 Å². The van der Waals surface area contributed by atoms with Crippen LogP contribution < -0.4 is 0 Å². The lowest BCUT2D eigenvalue weighted by Gasteiger charge is -2.03. The van der Waals surface area contributed by atoms with Crippen LogP contribution in [0.2, 0.25) is 0 Å². The molecule has 0 heterocycles. The lowest BCUT2D eigenvalue weighted by atomic mass is 10.0. The molecule has 0 amide bonds. The van der Waals surface area contributed by atoms with E-state index in [1.807, 2.05) is 18.2 Å². The lowest BCUT2D eigenvalue weighted by Crippen LogP contribution is -2.00. The fourth-order valence-corrected chi connectivity index (χ4v) is 2.37. The Hall–Kier alpha value is -2.09. The Kier molecular flexibility index (Phi) is 6.01. The van der Waals surface area contributed by atoms with E-state index in [1.165, 1.54) is 5.56 Å². The summed E-state index contributed by atoms with van der Waals surface area (Å²) in [5.41, 5.74) is 2.44. The van der Waals surface area contributed by atoms with Gasteiger partial charge in [0.05, 0.1) is 0 Å². The van der Waals surface area contributed by atoms with Crippen molar-refractivity contribution < 1.29 is 9.90 Å². The SMILES string of the molecule is O=C(CCCCc1ccccc1)CCc1ccc(O)cc1. The quantitative estimate of drug-likeness (QED) is 0.733. The van der Waals surface area contributed by atoms with Crippen LogP contribution in [0.3, 0.4) is 0 Å². The first-order valence-corrected chi connectivity index (χ1v) is 7.57. The average Bonchev–Trinajstić information content (AvgIpc) is 2.52. The van der Waals surface area contributed by atoms with Crippen LogP contribution in [-0.2, 0) is 17.6 Å². The molecule has 2 rings (SSSR count). The van der Waals surface area contributed by atoms with Gasteiger partial charge in [0, 0.05) is 12.8 Å². The van der Waals surface area contributed by atoms with E-state index < -0.39 is 0 Å². The summed E-state index contributed by atoms with van der Waals surface area (Å²) in [6.07, 6.45) is 5.10. The number of aromatic hydroxyl groups is 1.